The highest BCUT2D eigenvalue weighted by Gasteiger charge is 2.24. The molecule has 0 radical (unpaired) electrons. The Hall–Kier alpha value is -2.94. The summed E-state index contributed by atoms with van der Waals surface area (Å²) in [5, 5.41) is 16.7. The Morgan fingerprint density at radius 3 is 2.61 bits per heavy atom. The van der Waals surface area contributed by atoms with E-state index in [1.165, 1.54) is 11.3 Å². The molecule has 10 heteroatoms. The lowest BCUT2D eigenvalue weighted by Crippen LogP contribution is -2.13. The first-order valence-electron chi connectivity index (χ1n) is 9.03. The third-order valence-electron chi connectivity index (χ3n) is 4.42. The van der Waals surface area contributed by atoms with Gasteiger partial charge < -0.3 is 9.26 Å². The van der Waals surface area contributed by atoms with Crippen LogP contribution in [0.1, 0.15) is 26.7 Å². The molecule has 4 rings (SSSR count). The number of aryl methyl sites for hydroxylation is 1. The minimum Gasteiger partial charge on any atom is -0.497 e. The average molecular weight is 477 g/mol. The van der Waals surface area contributed by atoms with Crippen LogP contribution >= 0.6 is 35.3 Å². The Morgan fingerprint density at radius 2 is 1.90 bits per heavy atom. The van der Waals surface area contributed by atoms with Gasteiger partial charge in [0.15, 0.2) is 0 Å². The lowest BCUT2D eigenvalue weighted by atomic mass is 10.1. The maximum Gasteiger partial charge on any atom is 0.263 e. The van der Waals surface area contributed by atoms with Crippen LogP contribution in [-0.4, -0.2) is 28.4 Å². The first-order chi connectivity index (χ1) is 14.5. The number of carbonyl (C=O) groups excluding carboxylic acids is 1. The van der Waals surface area contributed by atoms with Crippen molar-refractivity contribution in [1.82, 2.24) is 15.4 Å². The van der Waals surface area contributed by atoms with Gasteiger partial charge in [0.1, 0.15) is 27.8 Å². The SMILES string of the molecule is COc1ccc(Cc2nnc(NC(=O)c3c(-c4ccccc4Cl)noc3C)s2)cc1.Cl. The van der Waals surface area contributed by atoms with Crippen LogP contribution in [0, 0.1) is 6.92 Å². The molecule has 0 atom stereocenters. The molecular formula is C21H18Cl2N4O3S. The maximum atomic E-state index is 12.9. The lowest BCUT2D eigenvalue weighted by Gasteiger charge is -2.04. The number of methoxy groups -OCH3 is 1. The summed E-state index contributed by atoms with van der Waals surface area (Å²) < 4.78 is 10.4. The van der Waals surface area contributed by atoms with Crippen molar-refractivity contribution in [3.8, 4) is 17.0 Å². The summed E-state index contributed by atoms with van der Waals surface area (Å²) in [7, 11) is 1.63. The second kappa shape index (κ2) is 9.91. The van der Waals surface area contributed by atoms with Crippen LogP contribution < -0.4 is 10.1 Å². The Morgan fingerprint density at radius 1 is 1.16 bits per heavy atom. The second-order valence-electron chi connectivity index (χ2n) is 6.42. The van der Waals surface area contributed by atoms with Gasteiger partial charge in [0.05, 0.1) is 12.1 Å². The van der Waals surface area contributed by atoms with Crippen molar-refractivity contribution >= 4 is 46.4 Å². The van der Waals surface area contributed by atoms with Gasteiger partial charge in [-0.2, -0.15) is 0 Å². The number of nitrogens with zero attached hydrogens (tertiary/aromatic N) is 3. The molecule has 2 heterocycles. The van der Waals surface area contributed by atoms with Crippen LogP contribution in [0.2, 0.25) is 5.02 Å². The van der Waals surface area contributed by atoms with E-state index in [4.69, 9.17) is 20.9 Å². The molecule has 0 saturated carbocycles. The summed E-state index contributed by atoms with van der Waals surface area (Å²) in [6, 6.07) is 14.9. The van der Waals surface area contributed by atoms with Gasteiger partial charge in [-0.1, -0.05) is 58.4 Å². The van der Waals surface area contributed by atoms with Crippen LogP contribution in [-0.2, 0) is 6.42 Å². The van der Waals surface area contributed by atoms with Crippen LogP contribution in [0.25, 0.3) is 11.3 Å². The zero-order chi connectivity index (χ0) is 21.1. The molecule has 1 amide bonds. The average Bonchev–Trinajstić information content (AvgIpc) is 3.35. The maximum absolute atomic E-state index is 12.9. The van der Waals surface area contributed by atoms with Crippen molar-refractivity contribution < 1.29 is 14.1 Å². The number of rotatable bonds is 6. The number of aromatic nitrogens is 3. The van der Waals surface area contributed by atoms with Gasteiger partial charge in [0, 0.05) is 12.0 Å². The minimum absolute atomic E-state index is 0. The van der Waals surface area contributed by atoms with E-state index < -0.39 is 0 Å². The molecular weight excluding hydrogens is 459 g/mol. The van der Waals surface area contributed by atoms with Crippen LogP contribution in [0.15, 0.2) is 53.1 Å². The number of hydrogen-bond donors (Lipinski definition) is 1. The highest BCUT2D eigenvalue weighted by atomic mass is 35.5. The Labute approximate surface area is 193 Å². The number of ether oxygens (including phenoxy) is 1. The first-order valence-corrected chi connectivity index (χ1v) is 10.2. The smallest absolute Gasteiger partial charge is 0.263 e. The lowest BCUT2D eigenvalue weighted by molar-refractivity contribution is 0.102. The van der Waals surface area contributed by atoms with Crippen molar-refractivity contribution in [2.75, 3.05) is 12.4 Å². The van der Waals surface area contributed by atoms with E-state index in [1.807, 2.05) is 36.4 Å². The van der Waals surface area contributed by atoms with Crippen LogP contribution in [0.5, 0.6) is 5.75 Å². The molecule has 0 aliphatic carbocycles. The number of anilines is 1. The normalized spacial score (nSPS) is 10.4. The van der Waals surface area contributed by atoms with E-state index in [-0.39, 0.29) is 18.3 Å². The summed E-state index contributed by atoms with van der Waals surface area (Å²) in [4.78, 5) is 12.9. The zero-order valence-electron chi connectivity index (χ0n) is 16.6. The second-order valence-corrected chi connectivity index (χ2v) is 7.89. The number of benzene rings is 2. The van der Waals surface area contributed by atoms with Gasteiger partial charge >= 0.3 is 0 Å². The number of nitrogens with one attached hydrogen (secondary N) is 1. The monoisotopic (exact) mass is 476 g/mol. The molecule has 2 aromatic heterocycles. The molecule has 0 spiro atoms. The molecule has 7 nitrogen and oxygen atoms in total. The van der Waals surface area contributed by atoms with Crippen LogP contribution in [0.3, 0.4) is 0 Å². The Kier molecular flexibility index (Phi) is 7.27. The molecule has 2 aromatic carbocycles. The van der Waals surface area contributed by atoms with E-state index >= 15 is 0 Å². The standard InChI is InChI=1S/C21H17ClN4O3S.ClH/c1-12-18(19(26-29-12)15-5-3-4-6-16(15)22)20(27)23-21-25-24-17(30-21)11-13-7-9-14(28-2)10-8-13;/h3-10H,11H2,1-2H3,(H,23,25,27);1H. The van der Waals surface area contributed by atoms with E-state index in [0.717, 1.165) is 16.3 Å². The third-order valence-corrected chi connectivity index (χ3v) is 5.59. The predicted molar refractivity (Wildman–Crippen MR) is 123 cm³/mol. The van der Waals surface area contributed by atoms with E-state index in [1.54, 1.807) is 26.2 Å². The van der Waals surface area contributed by atoms with Gasteiger partial charge in [0.25, 0.3) is 5.91 Å². The summed E-state index contributed by atoms with van der Waals surface area (Å²) in [6.45, 7) is 1.68. The highest BCUT2D eigenvalue weighted by Crippen LogP contribution is 2.31. The van der Waals surface area contributed by atoms with Gasteiger partial charge in [-0.05, 0) is 30.7 Å². The molecule has 0 fully saturated rings. The van der Waals surface area contributed by atoms with E-state index in [2.05, 4.69) is 20.7 Å². The number of hydrogen-bond acceptors (Lipinski definition) is 7. The third kappa shape index (κ3) is 5.04. The molecule has 0 unspecified atom stereocenters. The van der Waals surface area contributed by atoms with Crippen molar-refractivity contribution in [2.45, 2.75) is 13.3 Å². The molecule has 4 aromatic rings. The Bertz CT molecular complexity index is 1190. The van der Waals surface area contributed by atoms with Crippen LogP contribution in [0.4, 0.5) is 5.13 Å². The molecule has 1 N–H and O–H groups in total. The van der Waals surface area contributed by atoms with Gasteiger partial charge in [-0.3, -0.25) is 10.1 Å². The van der Waals surface area contributed by atoms with E-state index in [0.29, 0.717) is 39.2 Å². The highest BCUT2D eigenvalue weighted by molar-refractivity contribution is 7.15. The summed E-state index contributed by atoms with van der Waals surface area (Å²) in [5.74, 6) is 0.809. The molecule has 31 heavy (non-hydrogen) atoms. The fourth-order valence-electron chi connectivity index (χ4n) is 2.93. The van der Waals surface area contributed by atoms with E-state index in [9.17, 15) is 4.79 Å². The molecule has 0 saturated heterocycles. The Balaban J connectivity index is 0.00000272. The fourth-order valence-corrected chi connectivity index (χ4v) is 3.92. The molecule has 0 aliphatic heterocycles. The van der Waals surface area contributed by atoms with Gasteiger partial charge in [-0.15, -0.1) is 22.6 Å². The number of amides is 1. The predicted octanol–water partition coefficient (Wildman–Crippen LogP) is 5.43. The minimum atomic E-state index is -0.379. The fraction of sp³-hybridized carbons (Fsp3) is 0.143. The van der Waals surface area contributed by atoms with Gasteiger partial charge in [-0.25, -0.2) is 0 Å². The first kappa shape index (κ1) is 22.7. The van der Waals surface area contributed by atoms with Crippen molar-refractivity contribution in [3.63, 3.8) is 0 Å². The zero-order valence-corrected chi connectivity index (χ0v) is 19.0. The van der Waals surface area contributed by atoms with Crippen molar-refractivity contribution in [1.29, 1.82) is 0 Å². The molecule has 0 bridgehead atoms. The largest absolute Gasteiger partial charge is 0.497 e. The molecule has 0 aliphatic rings. The van der Waals surface area contributed by atoms with Crippen molar-refractivity contribution in [3.05, 3.63) is 75.4 Å². The summed E-state index contributed by atoms with van der Waals surface area (Å²) >= 11 is 7.57. The number of carbonyl (C=O) groups is 1. The van der Waals surface area contributed by atoms with Crippen molar-refractivity contribution in [2.24, 2.45) is 0 Å². The molecule has 160 valence electrons. The summed E-state index contributed by atoms with van der Waals surface area (Å²) in [6.07, 6.45) is 0.606. The van der Waals surface area contributed by atoms with Gasteiger partial charge in [0.2, 0.25) is 5.13 Å². The number of halogens is 2. The summed E-state index contributed by atoms with van der Waals surface area (Å²) in [5.41, 5.74) is 2.40. The quantitative estimate of drug-likeness (QED) is 0.399. The topological polar surface area (TPSA) is 90.1 Å².